The number of para-hydroxylation sites is 4. The normalized spacial score (nSPS) is 22.9. The molecule has 5 nitrogen and oxygen atoms in total. The number of aromatic nitrogens is 1. The summed E-state index contributed by atoms with van der Waals surface area (Å²) in [6, 6.07) is 20.4. The molecule has 24 heavy (non-hydrogen) atoms. The van der Waals surface area contributed by atoms with Gasteiger partial charge in [0.05, 0.1) is 0 Å². The molecular formula is C17H13BrNO4P. The second kappa shape index (κ2) is 4.02. The summed E-state index contributed by atoms with van der Waals surface area (Å²) in [7, 11) is 0. The van der Waals surface area contributed by atoms with Crippen LogP contribution in [0.4, 0.5) is 0 Å². The van der Waals surface area contributed by atoms with Crippen molar-refractivity contribution >= 4 is 21.2 Å². The molecule has 0 unspecified atom stereocenters. The van der Waals surface area contributed by atoms with Gasteiger partial charge in [0.25, 0.3) is 0 Å². The first-order chi connectivity index (χ1) is 11.5. The number of halogens is 1. The van der Waals surface area contributed by atoms with Crippen molar-refractivity contribution in [1.82, 2.24) is 0 Å². The van der Waals surface area contributed by atoms with Crippen molar-refractivity contribution < 1.29 is 22.4 Å². The number of rotatable bonds is 1. The van der Waals surface area contributed by atoms with Crippen molar-refractivity contribution in [3.63, 3.8) is 0 Å². The first-order valence-corrected chi connectivity index (χ1v) is 11.7. The summed E-state index contributed by atoms with van der Waals surface area (Å²) >= 11 is 3.70. The predicted octanol–water partition coefficient (Wildman–Crippen LogP) is 4.74. The topological polar surface area (TPSA) is 40.8 Å². The van der Waals surface area contributed by atoms with Gasteiger partial charge in [-0.3, -0.25) is 0 Å². The average Bonchev–Trinajstić information content (AvgIpc) is 3.05. The molecule has 3 heterocycles. The van der Waals surface area contributed by atoms with Gasteiger partial charge in [0.15, 0.2) is 0 Å². The van der Waals surface area contributed by atoms with Gasteiger partial charge in [-0.05, 0) is 0 Å². The van der Waals surface area contributed by atoms with Crippen molar-refractivity contribution in [2.45, 2.75) is 0 Å². The van der Waals surface area contributed by atoms with E-state index in [9.17, 15) is 0 Å². The minimum absolute atomic E-state index is 0.550. The summed E-state index contributed by atoms with van der Waals surface area (Å²) in [5, 5.41) is 0. The summed E-state index contributed by atoms with van der Waals surface area (Å²) in [6.45, 7) is 0. The van der Waals surface area contributed by atoms with E-state index < -0.39 is 5.71 Å². The molecule has 122 valence electrons. The molecule has 2 aromatic carbocycles. The fraction of sp³-hybridized carbons (Fsp3) is 0. The third-order valence-electron chi connectivity index (χ3n) is 4.00. The first-order valence-electron chi connectivity index (χ1n) is 7.42. The van der Waals surface area contributed by atoms with E-state index in [4.69, 9.17) is 18.1 Å². The summed E-state index contributed by atoms with van der Waals surface area (Å²) in [5.74, 6) is 2.20. The Morgan fingerprint density at radius 2 is 0.958 bits per heavy atom. The maximum absolute atomic E-state index is 6.35. The number of benzene rings is 2. The Hall–Kier alpha value is -2.30. The summed E-state index contributed by atoms with van der Waals surface area (Å²) in [5.41, 5.74) is -5.01. The van der Waals surface area contributed by atoms with Crippen molar-refractivity contribution in [3.05, 3.63) is 79.1 Å². The van der Waals surface area contributed by atoms with E-state index in [1.54, 1.807) is 16.7 Å². The Balaban J connectivity index is 1.83. The van der Waals surface area contributed by atoms with Crippen LogP contribution in [0.5, 0.6) is 23.0 Å². The van der Waals surface area contributed by atoms with Crippen LogP contribution in [-0.2, 0) is 0 Å². The second-order valence-corrected chi connectivity index (χ2v) is 13.5. The van der Waals surface area contributed by atoms with Gasteiger partial charge in [-0.15, -0.1) is 0 Å². The quantitative estimate of drug-likeness (QED) is 0.548. The summed E-state index contributed by atoms with van der Waals surface area (Å²) in [4.78, 5) is 0. The third kappa shape index (κ3) is 1.60. The molecule has 1 spiro atoms. The number of fused-ring (bicyclic) bond motifs is 2. The molecule has 0 aliphatic carbocycles. The fourth-order valence-electron chi connectivity index (χ4n) is 2.97. The van der Waals surface area contributed by atoms with Gasteiger partial charge in [0.1, 0.15) is 0 Å². The monoisotopic (exact) mass is 405 g/mol. The van der Waals surface area contributed by atoms with E-state index in [2.05, 4.69) is 15.5 Å². The van der Waals surface area contributed by atoms with Crippen LogP contribution in [0.25, 0.3) is 0 Å². The van der Waals surface area contributed by atoms with E-state index in [0.717, 1.165) is 0 Å². The predicted molar refractivity (Wildman–Crippen MR) is 93.3 cm³/mol. The molecule has 5 rings (SSSR count). The van der Waals surface area contributed by atoms with Crippen LogP contribution in [0.3, 0.4) is 0 Å². The molecule has 0 bridgehead atoms. The number of hydrogen-bond donors (Lipinski definition) is 0. The zero-order valence-corrected chi connectivity index (χ0v) is 14.9. The van der Waals surface area contributed by atoms with Gasteiger partial charge in [-0.2, -0.15) is 0 Å². The SMILES string of the molecule is Br[P-]12([n+]3ccccc3)(Oc3ccccc3O1)Oc1ccccc1O2. The molecule has 0 atom stereocenters. The van der Waals surface area contributed by atoms with E-state index in [1.165, 1.54) is 0 Å². The summed E-state index contributed by atoms with van der Waals surface area (Å²) < 4.78 is 27.1. The molecule has 0 saturated heterocycles. The average molecular weight is 406 g/mol. The summed E-state index contributed by atoms with van der Waals surface area (Å²) in [6.07, 6.45) is 3.59. The van der Waals surface area contributed by atoms with Crippen LogP contribution in [0.15, 0.2) is 79.1 Å². The van der Waals surface area contributed by atoms with Gasteiger partial charge in [-0.1, -0.05) is 0 Å². The van der Waals surface area contributed by atoms with Crippen LogP contribution in [0.2, 0.25) is 0 Å². The Bertz CT molecular complexity index is 878. The van der Waals surface area contributed by atoms with Crippen LogP contribution >= 0.6 is 21.2 Å². The molecule has 0 fully saturated rings. The number of pyridine rings is 1. The molecule has 0 N–H and O–H groups in total. The minimum atomic E-state index is -5.01. The molecule has 0 radical (unpaired) electrons. The van der Waals surface area contributed by atoms with Crippen molar-refractivity contribution in [3.8, 4) is 23.0 Å². The van der Waals surface area contributed by atoms with Gasteiger partial charge in [0.2, 0.25) is 0 Å². The fourth-order valence-corrected chi connectivity index (χ4v) is 8.98. The van der Waals surface area contributed by atoms with Crippen LogP contribution in [0.1, 0.15) is 0 Å². The van der Waals surface area contributed by atoms with Gasteiger partial charge in [-0.25, -0.2) is 0 Å². The molecule has 2 aliphatic heterocycles. The zero-order chi connectivity index (χ0) is 16.3. The zero-order valence-electron chi connectivity index (χ0n) is 12.4. The van der Waals surface area contributed by atoms with Gasteiger partial charge in [0, 0.05) is 0 Å². The van der Waals surface area contributed by atoms with Crippen LogP contribution in [-0.4, -0.2) is 0 Å². The molecule has 0 amide bonds. The molecular weight excluding hydrogens is 393 g/mol. The van der Waals surface area contributed by atoms with Crippen LogP contribution in [0, 0.1) is 0 Å². The Kier molecular flexibility index (Phi) is 2.36. The van der Waals surface area contributed by atoms with Crippen molar-refractivity contribution in [2.75, 3.05) is 0 Å². The van der Waals surface area contributed by atoms with E-state index >= 15 is 0 Å². The molecule has 3 aromatic rings. The maximum atomic E-state index is 6.35. The van der Waals surface area contributed by atoms with Crippen molar-refractivity contribution in [2.24, 2.45) is 0 Å². The number of hydrogen-bond acceptors (Lipinski definition) is 4. The molecule has 2 aliphatic rings. The van der Waals surface area contributed by atoms with E-state index in [0.29, 0.717) is 23.0 Å². The third-order valence-corrected chi connectivity index (χ3v) is 10.3. The first kappa shape index (κ1) is 14.1. The van der Waals surface area contributed by atoms with Gasteiger partial charge >= 0.3 is 146 Å². The Labute approximate surface area is 146 Å². The van der Waals surface area contributed by atoms with E-state index in [-0.39, 0.29) is 0 Å². The standard InChI is InChI=1S/C17H13BrNO4P/c18-24(19-12-6-1-7-13-19,20-14-8-2-3-9-15(14)21-24)22-16-10-4-5-11-17(16)23-24/h1-13H. The Morgan fingerprint density at radius 3 is 1.33 bits per heavy atom. The van der Waals surface area contributed by atoms with Gasteiger partial charge < -0.3 is 0 Å². The van der Waals surface area contributed by atoms with Crippen LogP contribution < -0.4 is 22.4 Å². The molecule has 1 aromatic heterocycles. The van der Waals surface area contributed by atoms with E-state index in [1.807, 2.05) is 66.7 Å². The Morgan fingerprint density at radius 1 is 0.583 bits per heavy atom. The second-order valence-electron chi connectivity index (χ2n) is 5.64. The molecule has 0 saturated carbocycles. The number of nitrogens with zero attached hydrogens (tertiary/aromatic N) is 1. The van der Waals surface area contributed by atoms with Crippen molar-refractivity contribution in [1.29, 1.82) is 0 Å². The molecule has 7 heteroatoms.